The topological polar surface area (TPSA) is 105 Å². The average Bonchev–Trinajstić information content (AvgIpc) is 2.26. The minimum Gasteiger partial charge on any atom is -0.409 e. The first-order chi connectivity index (χ1) is 7.86. The molecule has 1 unspecified atom stereocenters. The third-order valence-corrected chi connectivity index (χ3v) is 4.62. The highest BCUT2D eigenvalue weighted by atomic mass is 32.2. The summed E-state index contributed by atoms with van der Waals surface area (Å²) in [5, 5.41) is 11.4. The molecule has 1 atom stereocenters. The highest BCUT2D eigenvalue weighted by molar-refractivity contribution is 7.89. The van der Waals surface area contributed by atoms with Crippen LogP contribution in [0.15, 0.2) is 5.16 Å². The van der Waals surface area contributed by atoms with E-state index >= 15 is 0 Å². The van der Waals surface area contributed by atoms with E-state index in [4.69, 9.17) is 15.7 Å². The Morgan fingerprint density at radius 1 is 1.65 bits per heavy atom. The Morgan fingerprint density at radius 2 is 2.29 bits per heavy atom. The summed E-state index contributed by atoms with van der Waals surface area (Å²) in [6.45, 7) is 4.35. The summed E-state index contributed by atoms with van der Waals surface area (Å²) >= 11 is 0. The van der Waals surface area contributed by atoms with Crippen LogP contribution in [0.4, 0.5) is 0 Å². The summed E-state index contributed by atoms with van der Waals surface area (Å²) in [6, 6.07) is 0. The Hall–Kier alpha value is -0.860. The van der Waals surface area contributed by atoms with Crippen LogP contribution in [0.1, 0.15) is 13.8 Å². The van der Waals surface area contributed by atoms with E-state index in [9.17, 15) is 8.42 Å². The monoisotopic (exact) mass is 265 g/mol. The molecule has 1 rings (SSSR count). The number of morpholine rings is 1. The second-order valence-electron chi connectivity index (χ2n) is 4.41. The van der Waals surface area contributed by atoms with Gasteiger partial charge in [-0.2, -0.15) is 4.31 Å². The van der Waals surface area contributed by atoms with Crippen molar-refractivity contribution in [2.24, 2.45) is 16.8 Å². The number of hydrogen-bond donors (Lipinski definition) is 2. The van der Waals surface area contributed by atoms with Gasteiger partial charge in [0.15, 0.2) is 5.84 Å². The maximum atomic E-state index is 12.0. The smallest absolute Gasteiger partial charge is 0.214 e. The van der Waals surface area contributed by atoms with Crippen molar-refractivity contribution in [2.45, 2.75) is 20.0 Å². The van der Waals surface area contributed by atoms with Gasteiger partial charge in [0.05, 0.1) is 12.4 Å². The molecule has 7 nitrogen and oxygen atoms in total. The van der Waals surface area contributed by atoms with Crippen LogP contribution in [0.25, 0.3) is 0 Å². The molecule has 1 fully saturated rings. The lowest BCUT2D eigenvalue weighted by atomic mass is 10.3. The molecule has 1 heterocycles. The minimum absolute atomic E-state index is 0.0603. The van der Waals surface area contributed by atoms with Crippen molar-refractivity contribution >= 4 is 15.9 Å². The first kappa shape index (κ1) is 14.2. The quantitative estimate of drug-likeness (QED) is 0.306. The molecule has 0 saturated carbocycles. The lowest BCUT2D eigenvalue weighted by Crippen LogP contribution is -2.51. The zero-order chi connectivity index (χ0) is 13.1. The van der Waals surface area contributed by atoms with Crippen molar-refractivity contribution < 1.29 is 18.4 Å². The molecule has 0 aromatic carbocycles. The SMILES string of the molecule is CC(C)CS(=O)(=O)N1CCOC(C(N)=NO)C1. The maximum Gasteiger partial charge on any atom is 0.214 e. The first-order valence-corrected chi connectivity index (χ1v) is 7.04. The second-order valence-corrected chi connectivity index (χ2v) is 6.43. The van der Waals surface area contributed by atoms with Gasteiger partial charge in [0, 0.05) is 13.1 Å². The molecule has 0 amide bonds. The Balaban J connectivity index is 2.73. The zero-order valence-corrected chi connectivity index (χ0v) is 10.9. The summed E-state index contributed by atoms with van der Waals surface area (Å²) in [5.74, 6) is 0.0511. The van der Waals surface area contributed by atoms with E-state index in [1.54, 1.807) is 0 Å². The number of nitrogens with zero attached hydrogens (tertiary/aromatic N) is 2. The third-order valence-electron chi connectivity index (χ3n) is 2.41. The molecule has 0 spiro atoms. The van der Waals surface area contributed by atoms with Gasteiger partial charge in [-0.15, -0.1) is 0 Å². The number of hydrogen-bond acceptors (Lipinski definition) is 5. The molecule has 0 radical (unpaired) electrons. The van der Waals surface area contributed by atoms with Crippen LogP contribution in [0, 0.1) is 5.92 Å². The predicted octanol–water partition coefficient (Wildman–Crippen LogP) is -0.581. The molecule has 1 aliphatic heterocycles. The number of amidine groups is 1. The van der Waals surface area contributed by atoms with E-state index < -0.39 is 16.1 Å². The molecule has 0 aromatic heterocycles. The van der Waals surface area contributed by atoms with Crippen LogP contribution in [-0.4, -0.2) is 55.3 Å². The van der Waals surface area contributed by atoms with Crippen LogP contribution >= 0.6 is 0 Å². The summed E-state index contributed by atoms with van der Waals surface area (Å²) in [5.41, 5.74) is 5.41. The molecular formula is C9H19N3O4S. The van der Waals surface area contributed by atoms with Gasteiger partial charge in [-0.25, -0.2) is 8.42 Å². The summed E-state index contributed by atoms with van der Waals surface area (Å²) in [4.78, 5) is 0. The average molecular weight is 265 g/mol. The number of rotatable bonds is 4. The molecule has 0 aliphatic carbocycles. The third kappa shape index (κ3) is 3.83. The van der Waals surface area contributed by atoms with E-state index in [1.165, 1.54) is 4.31 Å². The van der Waals surface area contributed by atoms with Gasteiger partial charge in [-0.05, 0) is 5.92 Å². The van der Waals surface area contributed by atoms with Crippen LogP contribution in [0.3, 0.4) is 0 Å². The van der Waals surface area contributed by atoms with Gasteiger partial charge >= 0.3 is 0 Å². The first-order valence-electron chi connectivity index (χ1n) is 5.43. The van der Waals surface area contributed by atoms with Gasteiger partial charge < -0.3 is 15.7 Å². The highest BCUT2D eigenvalue weighted by Crippen LogP contribution is 2.13. The number of sulfonamides is 1. The normalized spacial score (nSPS) is 24.2. The van der Waals surface area contributed by atoms with E-state index in [2.05, 4.69) is 5.16 Å². The van der Waals surface area contributed by atoms with Gasteiger partial charge in [0.2, 0.25) is 10.0 Å². The summed E-state index contributed by atoms with van der Waals surface area (Å²) in [6.07, 6.45) is -0.671. The van der Waals surface area contributed by atoms with Crippen LogP contribution in [-0.2, 0) is 14.8 Å². The fourth-order valence-electron chi connectivity index (χ4n) is 1.65. The molecule has 17 heavy (non-hydrogen) atoms. The molecule has 3 N–H and O–H groups in total. The lowest BCUT2D eigenvalue weighted by molar-refractivity contribution is 0.0354. The van der Waals surface area contributed by atoms with Crippen LogP contribution in [0.5, 0.6) is 0 Å². The van der Waals surface area contributed by atoms with Crippen molar-refractivity contribution in [1.82, 2.24) is 4.31 Å². The fraction of sp³-hybridized carbons (Fsp3) is 0.889. The largest absolute Gasteiger partial charge is 0.409 e. The molecular weight excluding hydrogens is 246 g/mol. The van der Waals surface area contributed by atoms with Crippen molar-refractivity contribution in [3.8, 4) is 0 Å². The lowest BCUT2D eigenvalue weighted by Gasteiger charge is -2.31. The molecule has 0 bridgehead atoms. The maximum absolute atomic E-state index is 12.0. The Bertz CT molecular complexity index is 380. The predicted molar refractivity (Wildman–Crippen MR) is 63.3 cm³/mol. The standard InChI is InChI=1S/C9H19N3O4S/c1-7(2)6-17(14,15)12-3-4-16-8(5-12)9(10)11-13/h7-8,13H,3-6H2,1-2H3,(H2,10,11). The van der Waals surface area contributed by atoms with Crippen molar-refractivity contribution in [1.29, 1.82) is 0 Å². The molecule has 0 aromatic rings. The fourth-order valence-corrected chi connectivity index (χ4v) is 3.42. The Kier molecular flexibility index (Phi) is 4.72. The minimum atomic E-state index is -3.30. The molecule has 1 saturated heterocycles. The van der Waals surface area contributed by atoms with Gasteiger partial charge in [-0.1, -0.05) is 19.0 Å². The van der Waals surface area contributed by atoms with Gasteiger partial charge in [0.1, 0.15) is 6.10 Å². The number of nitrogens with two attached hydrogens (primary N) is 1. The van der Waals surface area contributed by atoms with Crippen LogP contribution < -0.4 is 5.73 Å². The Labute approximate surface area is 101 Å². The Morgan fingerprint density at radius 3 is 2.82 bits per heavy atom. The van der Waals surface area contributed by atoms with Crippen LogP contribution in [0.2, 0.25) is 0 Å². The molecule has 1 aliphatic rings. The van der Waals surface area contributed by atoms with Gasteiger partial charge in [0.25, 0.3) is 0 Å². The summed E-state index contributed by atoms with van der Waals surface area (Å²) < 4.78 is 30.5. The van der Waals surface area contributed by atoms with Crippen molar-refractivity contribution in [2.75, 3.05) is 25.4 Å². The van der Waals surface area contributed by atoms with E-state index in [0.29, 0.717) is 6.54 Å². The number of ether oxygens (including phenoxy) is 1. The second kappa shape index (κ2) is 5.65. The van der Waals surface area contributed by atoms with E-state index in [-0.39, 0.29) is 30.7 Å². The molecule has 8 heteroatoms. The van der Waals surface area contributed by atoms with Gasteiger partial charge in [-0.3, -0.25) is 0 Å². The van der Waals surface area contributed by atoms with E-state index in [1.807, 2.05) is 13.8 Å². The van der Waals surface area contributed by atoms with Crippen molar-refractivity contribution in [3.63, 3.8) is 0 Å². The van der Waals surface area contributed by atoms with E-state index in [0.717, 1.165) is 0 Å². The van der Waals surface area contributed by atoms with Crippen molar-refractivity contribution in [3.05, 3.63) is 0 Å². The number of oxime groups is 1. The summed E-state index contributed by atoms with van der Waals surface area (Å²) in [7, 11) is -3.30. The zero-order valence-electron chi connectivity index (χ0n) is 10.0. The molecule has 100 valence electrons. The highest BCUT2D eigenvalue weighted by Gasteiger charge is 2.31.